The third-order valence-corrected chi connectivity index (χ3v) is 3.78. The summed E-state index contributed by atoms with van der Waals surface area (Å²) in [6.07, 6.45) is 3.57. The third-order valence-electron chi connectivity index (χ3n) is 3.78. The van der Waals surface area contributed by atoms with Gasteiger partial charge in [-0.05, 0) is 29.8 Å². The molecule has 6 heteroatoms. The molecule has 0 atom stereocenters. The monoisotopic (exact) mass is 324 g/mol. The van der Waals surface area contributed by atoms with Crippen LogP contribution in [-0.4, -0.2) is 22.0 Å². The number of H-pyrrole nitrogens is 1. The van der Waals surface area contributed by atoms with Crippen molar-refractivity contribution in [3.63, 3.8) is 0 Å². The van der Waals surface area contributed by atoms with Gasteiger partial charge in [0.1, 0.15) is 0 Å². The maximum Gasteiger partial charge on any atom is 0.366 e. The molecule has 0 bridgehead atoms. The van der Waals surface area contributed by atoms with E-state index < -0.39 is 0 Å². The summed E-state index contributed by atoms with van der Waals surface area (Å²) in [7, 11) is 3.34. The minimum atomic E-state index is -0.200. The van der Waals surface area contributed by atoms with Crippen LogP contribution < -0.4 is 25.4 Å². The first-order chi connectivity index (χ1) is 11.5. The molecule has 0 aliphatic heterocycles. The Morgan fingerprint density at radius 2 is 2.12 bits per heavy atom. The van der Waals surface area contributed by atoms with Gasteiger partial charge in [0.25, 0.3) is 0 Å². The summed E-state index contributed by atoms with van der Waals surface area (Å²) >= 11 is 0. The normalized spacial score (nSPS) is 11.7. The highest BCUT2D eigenvalue weighted by Crippen LogP contribution is 2.26. The number of hydrogen-bond acceptors (Lipinski definition) is 3. The SMILES string of the molecule is C=c1[nH]n(-c2cccc[n+]2C)c(=O)c1=Cc1ccc(O)c(OC)c1. The van der Waals surface area contributed by atoms with Crippen LogP contribution in [0.4, 0.5) is 0 Å². The van der Waals surface area contributed by atoms with Gasteiger partial charge in [-0.15, -0.1) is 0 Å². The number of ether oxygens (including phenoxy) is 1. The van der Waals surface area contributed by atoms with Gasteiger partial charge in [-0.25, -0.2) is 14.5 Å². The summed E-state index contributed by atoms with van der Waals surface area (Å²) in [6.45, 7) is 3.92. The average molecular weight is 324 g/mol. The fourth-order valence-corrected chi connectivity index (χ4v) is 2.50. The average Bonchev–Trinajstić information content (AvgIpc) is 2.85. The van der Waals surface area contributed by atoms with E-state index in [1.54, 1.807) is 18.2 Å². The number of aromatic nitrogens is 3. The third kappa shape index (κ3) is 2.69. The lowest BCUT2D eigenvalue weighted by atomic mass is 10.1. The van der Waals surface area contributed by atoms with Gasteiger partial charge >= 0.3 is 11.4 Å². The molecule has 0 saturated carbocycles. The number of hydrogen-bond donors (Lipinski definition) is 2. The predicted molar refractivity (Wildman–Crippen MR) is 90.6 cm³/mol. The number of methoxy groups -OCH3 is 1. The second-order valence-electron chi connectivity index (χ2n) is 5.39. The standard InChI is InChI=1S/C18H17N3O3/c1-12-14(10-13-7-8-15(22)16(11-13)24-3)18(23)21(19-12)17-6-4-5-9-20(17)2/h4-11,19H,1H2,2-3H3/p+1. The number of pyridine rings is 1. The maximum atomic E-state index is 12.7. The highest BCUT2D eigenvalue weighted by Gasteiger charge is 2.15. The summed E-state index contributed by atoms with van der Waals surface area (Å²) in [4.78, 5) is 12.7. The fraction of sp³-hybridized carbons (Fsp3) is 0.111. The van der Waals surface area contributed by atoms with Crippen molar-refractivity contribution in [1.82, 2.24) is 9.78 Å². The molecule has 2 aromatic heterocycles. The van der Waals surface area contributed by atoms with Crippen molar-refractivity contribution in [2.75, 3.05) is 7.11 Å². The Balaban J connectivity index is 2.19. The van der Waals surface area contributed by atoms with Crippen LogP contribution in [0.25, 0.3) is 18.5 Å². The smallest absolute Gasteiger partial charge is 0.366 e. The zero-order chi connectivity index (χ0) is 17.3. The molecular formula is C18H18N3O3+. The molecule has 24 heavy (non-hydrogen) atoms. The number of aromatic hydroxyl groups is 1. The predicted octanol–water partition coefficient (Wildman–Crippen LogP) is -0.0566. The zero-order valence-electron chi connectivity index (χ0n) is 13.5. The lowest BCUT2D eigenvalue weighted by Crippen LogP contribution is -2.39. The van der Waals surface area contributed by atoms with Crippen LogP contribution in [0, 0.1) is 0 Å². The first-order valence-electron chi connectivity index (χ1n) is 7.35. The number of aryl methyl sites for hydroxylation is 1. The van der Waals surface area contributed by atoms with Gasteiger partial charge in [-0.2, -0.15) is 0 Å². The highest BCUT2D eigenvalue weighted by atomic mass is 16.5. The van der Waals surface area contributed by atoms with Crippen molar-refractivity contribution in [3.05, 3.63) is 69.1 Å². The van der Waals surface area contributed by atoms with E-state index in [1.165, 1.54) is 17.9 Å². The summed E-state index contributed by atoms with van der Waals surface area (Å²) < 4.78 is 8.38. The molecule has 0 saturated heterocycles. The molecule has 1 aromatic carbocycles. The molecule has 0 unspecified atom stereocenters. The molecule has 2 heterocycles. The van der Waals surface area contributed by atoms with Crippen molar-refractivity contribution in [1.29, 1.82) is 0 Å². The van der Waals surface area contributed by atoms with E-state index in [2.05, 4.69) is 11.7 Å². The Labute approximate surface area is 138 Å². The Bertz CT molecular complexity index is 1060. The zero-order valence-corrected chi connectivity index (χ0v) is 13.5. The fourth-order valence-electron chi connectivity index (χ4n) is 2.50. The second-order valence-corrected chi connectivity index (χ2v) is 5.39. The molecule has 2 N–H and O–H groups in total. The molecule has 3 rings (SSSR count). The summed E-state index contributed by atoms with van der Waals surface area (Å²) in [5, 5.41) is 13.6. The number of phenols is 1. The molecule has 0 radical (unpaired) electrons. The van der Waals surface area contributed by atoms with Crippen molar-refractivity contribution in [2.45, 2.75) is 0 Å². The van der Waals surface area contributed by atoms with Crippen LogP contribution in [0.15, 0.2) is 47.4 Å². The first kappa shape index (κ1) is 15.6. The lowest BCUT2D eigenvalue weighted by Gasteiger charge is -2.03. The van der Waals surface area contributed by atoms with Gasteiger partial charge in [0.2, 0.25) is 0 Å². The van der Waals surface area contributed by atoms with E-state index in [9.17, 15) is 9.90 Å². The van der Waals surface area contributed by atoms with Crippen LogP contribution in [0.1, 0.15) is 5.56 Å². The van der Waals surface area contributed by atoms with Crippen LogP contribution in [0.3, 0.4) is 0 Å². The molecule has 0 fully saturated rings. The molecule has 122 valence electrons. The maximum absolute atomic E-state index is 12.7. The molecule has 3 aromatic rings. The van der Waals surface area contributed by atoms with E-state index in [0.29, 0.717) is 22.1 Å². The second kappa shape index (κ2) is 6.08. The minimum absolute atomic E-state index is 0.0484. The van der Waals surface area contributed by atoms with Crippen LogP contribution in [0.2, 0.25) is 0 Å². The molecular weight excluding hydrogens is 306 g/mol. The van der Waals surface area contributed by atoms with Gasteiger partial charge in [0.15, 0.2) is 11.5 Å². The van der Waals surface area contributed by atoms with Crippen LogP contribution in [0.5, 0.6) is 11.5 Å². The van der Waals surface area contributed by atoms with Crippen molar-refractivity contribution >= 4 is 12.7 Å². The number of aromatic amines is 1. The van der Waals surface area contributed by atoms with Gasteiger partial charge in [-0.1, -0.05) is 23.4 Å². The number of rotatable bonds is 3. The quantitative estimate of drug-likeness (QED) is 0.663. The number of nitrogens with one attached hydrogen (secondary N) is 1. The van der Waals surface area contributed by atoms with E-state index in [1.807, 2.05) is 36.0 Å². The Morgan fingerprint density at radius 3 is 2.83 bits per heavy atom. The Kier molecular flexibility index (Phi) is 3.95. The highest BCUT2D eigenvalue weighted by molar-refractivity contribution is 5.55. The van der Waals surface area contributed by atoms with E-state index in [0.717, 1.165) is 5.56 Å². The minimum Gasteiger partial charge on any atom is -0.504 e. The van der Waals surface area contributed by atoms with Crippen molar-refractivity contribution in [2.24, 2.45) is 7.05 Å². The van der Waals surface area contributed by atoms with Gasteiger partial charge in [-0.3, -0.25) is 0 Å². The van der Waals surface area contributed by atoms with E-state index in [-0.39, 0.29) is 11.3 Å². The topological polar surface area (TPSA) is 71.1 Å². The van der Waals surface area contributed by atoms with E-state index in [4.69, 9.17) is 4.74 Å². The van der Waals surface area contributed by atoms with Crippen molar-refractivity contribution < 1.29 is 14.4 Å². The van der Waals surface area contributed by atoms with Crippen LogP contribution in [-0.2, 0) is 7.05 Å². The summed E-state index contributed by atoms with van der Waals surface area (Å²) in [6, 6.07) is 10.5. The molecule has 0 spiro atoms. The number of phenolic OH excluding ortho intramolecular Hbond substituents is 1. The number of nitrogens with zero attached hydrogens (tertiary/aromatic N) is 2. The largest absolute Gasteiger partial charge is 0.504 e. The Hall–Kier alpha value is -3.28. The summed E-state index contributed by atoms with van der Waals surface area (Å²) in [5.74, 6) is 1.10. The van der Waals surface area contributed by atoms with Gasteiger partial charge < -0.3 is 9.84 Å². The Morgan fingerprint density at radius 1 is 1.33 bits per heavy atom. The summed E-state index contributed by atoms with van der Waals surface area (Å²) in [5.41, 5.74) is 0.532. The molecule has 6 nitrogen and oxygen atoms in total. The van der Waals surface area contributed by atoms with Gasteiger partial charge in [0, 0.05) is 6.07 Å². The molecule has 0 aliphatic rings. The van der Waals surface area contributed by atoms with Gasteiger partial charge in [0.05, 0.1) is 30.9 Å². The van der Waals surface area contributed by atoms with E-state index >= 15 is 0 Å². The van der Waals surface area contributed by atoms with Crippen molar-refractivity contribution in [3.8, 4) is 17.3 Å². The molecule has 0 aliphatic carbocycles. The number of benzene rings is 1. The first-order valence-corrected chi connectivity index (χ1v) is 7.35. The molecule has 0 amide bonds. The lowest BCUT2D eigenvalue weighted by molar-refractivity contribution is -0.666. The van der Waals surface area contributed by atoms with Crippen LogP contribution >= 0.6 is 0 Å².